The van der Waals surface area contributed by atoms with E-state index in [0.717, 1.165) is 11.6 Å². The van der Waals surface area contributed by atoms with E-state index in [4.69, 9.17) is 0 Å². The maximum Gasteiger partial charge on any atom is 0.0897 e. The van der Waals surface area contributed by atoms with Gasteiger partial charge in [-0.25, -0.2) is 4.98 Å². The molecule has 2 aromatic rings. The molecule has 2 rings (SSSR count). The largest absolute Gasteiger partial charge is 0.305 e. The second-order valence-corrected chi connectivity index (χ2v) is 5.60. The van der Waals surface area contributed by atoms with Gasteiger partial charge < -0.3 is 5.32 Å². The molecule has 0 aliphatic carbocycles. The van der Waals surface area contributed by atoms with Crippen LogP contribution in [0.5, 0.6) is 0 Å². The van der Waals surface area contributed by atoms with Gasteiger partial charge in [-0.3, -0.25) is 0 Å². The summed E-state index contributed by atoms with van der Waals surface area (Å²) in [6.07, 6.45) is 1.95. The van der Waals surface area contributed by atoms with Gasteiger partial charge in [-0.15, -0.1) is 11.3 Å². The minimum Gasteiger partial charge on any atom is -0.305 e. The quantitative estimate of drug-likeness (QED) is 0.883. The lowest BCUT2D eigenvalue weighted by atomic mass is 10.2. The summed E-state index contributed by atoms with van der Waals surface area (Å²) in [5.41, 5.74) is 1.36. The number of thiophene rings is 1. The van der Waals surface area contributed by atoms with Crippen molar-refractivity contribution in [3.05, 3.63) is 38.5 Å². The molecule has 0 amide bonds. The van der Waals surface area contributed by atoms with Crippen LogP contribution < -0.4 is 5.32 Å². The van der Waals surface area contributed by atoms with Gasteiger partial charge in [0.1, 0.15) is 0 Å². The Labute approximate surface area is 98.0 Å². The van der Waals surface area contributed by atoms with E-state index < -0.39 is 0 Å². The molecule has 0 aliphatic heterocycles. The van der Waals surface area contributed by atoms with Crippen LogP contribution in [0.4, 0.5) is 0 Å². The zero-order chi connectivity index (χ0) is 10.7. The van der Waals surface area contributed by atoms with Gasteiger partial charge in [-0.05, 0) is 36.2 Å². The number of aryl methyl sites for hydroxylation is 1. The van der Waals surface area contributed by atoms with Crippen LogP contribution in [-0.2, 0) is 6.54 Å². The fourth-order valence-electron chi connectivity index (χ4n) is 1.38. The van der Waals surface area contributed by atoms with Crippen molar-refractivity contribution in [1.82, 2.24) is 10.3 Å². The highest BCUT2D eigenvalue weighted by Gasteiger charge is 2.05. The van der Waals surface area contributed by atoms with E-state index in [0.29, 0.717) is 6.04 Å². The summed E-state index contributed by atoms with van der Waals surface area (Å²) >= 11 is 3.50. The lowest BCUT2D eigenvalue weighted by Crippen LogP contribution is -2.16. The summed E-state index contributed by atoms with van der Waals surface area (Å²) in [7, 11) is 0. The van der Waals surface area contributed by atoms with Crippen LogP contribution in [0.25, 0.3) is 0 Å². The molecular formula is C11H14N2S2. The first kappa shape index (κ1) is 10.8. The first-order valence-electron chi connectivity index (χ1n) is 4.92. The predicted molar refractivity (Wildman–Crippen MR) is 66.4 cm³/mol. The topological polar surface area (TPSA) is 24.9 Å². The van der Waals surface area contributed by atoms with Crippen molar-refractivity contribution >= 4 is 22.7 Å². The molecule has 2 nitrogen and oxygen atoms in total. The number of nitrogens with one attached hydrogen (secondary N) is 1. The third kappa shape index (κ3) is 2.87. The molecule has 80 valence electrons. The van der Waals surface area contributed by atoms with Gasteiger partial charge in [0.25, 0.3) is 0 Å². The van der Waals surface area contributed by atoms with E-state index >= 15 is 0 Å². The normalized spacial score (nSPS) is 12.9. The Kier molecular flexibility index (Phi) is 3.51. The summed E-state index contributed by atoms with van der Waals surface area (Å²) in [5.74, 6) is 0. The van der Waals surface area contributed by atoms with Gasteiger partial charge in [-0.1, -0.05) is 0 Å². The van der Waals surface area contributed by atoms with Crippen LogP contribution in [0.3, 0.4) is 0 Å². The fourth-order valence-corrected chi connectivity index (χ4v) is 2.88. The van der Waals surface area contributed by atoms with E-state index in [1.165, 1.54) is 10.4 Å². The third-order valence-corrected chi connectivity index (χ3v) is 3.91. The molecule has 0 bridgehead atoms. The Hall–Kier alpha value is -0.710. The Morgan fingerprint density at radius 1 is 1.53 bits per heavy atom. The lowest BCUT2D eigenvalue weighted by molar-refractivity contribution is 0.580. The number of thiazole rings is 1. The second-order valence-electron chi connectivity index (χ2n) is 3.50. The Morgan fingerprint density at radius 2 is 2.40 bits per heavy atom. The maximum atomic E-state index is 4.24. The summed E-state index contributed by atoms with van der Waals surface area (Å²) in [6, 6.07) is 2.58. The van der Waals surface area contributed by atoms with Crippen LogP contribution >= 0.6 is 22.7 Å². The molecule has 0 aliphatic rings. The molecule has 1 N–H and O–H groups in total. The molecule has 2 heterocycles. The first-order valence-corrected chi connectivity index (χ1v) is 6.68. The highest BCUT2D eigenvalue weighted by Crippen LogP contribution is 2.17. The minimum atomic E-state index is 0.415. The molecule has 0 radical (unpaired) electrons. The predicted octanol–water partition coefficient (Wildman–Crippen LogP) is 3.36. The summed E-state index contributed by atoms with van der Waals surface area (Å²) in [4.78, 5) is 5.54. The smallest absolute Gasteiger partial charge is 0.0897 e. The van der Waals surface area contributed by atoms with Gasteiger partial charge in [0.05, 0.1) is 5.01 Å². The average molecular weight is 238 g/mol. The third-order valence-electron chi connectivity index (χ3n) is 2.29. The van der Waals surface area contributed by atoms with Crippen molar-refractivity contribution in [3.63, 3.8) is 0 Å². The Bertz CT molecular complexity index is 406. The Balaban J connectivity index is 1.88. The molecule has 1 unspecified atom stereocenters. The molecule has 4 heteroatoms. The van der Waals surface area contributed by atoms with E-state index in [1.807, 2.05) is 13.1 Å². The van der Waals surface area contributed by atoms with Gasteiger partial charge in [0.15, 0.2) is 0 Å². The molecule has 0 saturated heterocycles. The van der Waals surface area contributed by atoms with Crippen molar-refractivity contribution in [3.8, 4) is 0 Å². The van der Waals surface area contributed by atoms with Crippen LogP contribution in [0.1, 0.15) is 28.4 Å². The van der Waals surface area contributed by atoms with Gasteiger partial charge >= 0.3 is 0 Å². The molecular weight excluding hydrogens is 224 g/mol. The SMILES string of the molecule is Cc1ncc(CNC(C)c2ccsc2)s1. The van der Waals surface area contributed by atoms with Crippen molar-refractivity contribution in [2.45, 2.75) is 26.4 Å². The van der Waals surface area contributed by atoms with Crippen LogP contribution in [-0.4, -0.2) is 4.98 Å². The van der Waals surface area contributed by atoms with Crippen molar-refractivity contribution in [1.29, 1.82) is 0 Å². The van der Waals surface area contributed by atoms with Crippen molar-refractivity contribution in [2.24, 2.45) is 0 Å². The van der Waals surface area contributed by atoms with Gasteiger partial charge in [-0.2, -0.15) is 11.3 Å². The molecule has 0 spiro atoms. The van der Waals surface area contributed by atoms with Crippen LogP contribution in [0, 0.1) is 6.92 Å². The number of hydrogen-bond acceptors (Lipinski definition) is 4. The second kappa shape index (κ2) is 4.88. The summed E-state index contributed by atoms with van der Waals surface area (Å²) in [6.45, 7) is 5.13. The average Bonchev–Trinajstić information content (AvgIpc) is 2.84. The first-order chi connectivity index (χ1) is 7.25. The Morgan fingerprint density at radius 3 is 3.00 bits per heavy atom. The van der Waals surface area contributed by atoms with Crippen molar-refractivity contribution < 1.29 is 0 Å². The lowest BCUT2D eigenvalue weighted by Gasteiger charge is -2.10. The monoisotopic (exact) mass is 238 g/mol. The standard InChI is InChI=1S/C11H14N2S2/c1-8(10-3-4-14-7-10)12-5-11-6-13-9(2)15-11/h3-4,6-8,12H,5H2,1-2H3. The zero-order valence-corrected chi connectivity index (χ0v) is 10.5. The molecule has 0 aromatic carbocycles. The molecule has 1 atom stereocenters. The minimum absolute atomic E-state index is 0.415. The van der Waals surface area contributed by atoms with E-state index in [9.17, 15) is 0 Å². The summed E-state index contributed by atoms with van der Waals surface area (Å²) in [5, 5.41) is 8.93. The number of aromatic nitrogens is 1. The maximum absolute atomic E-state index is 4.24. The van der Waals surface area contributed by atoms with Crippen LogP contribution in [0.2, 0.25) is 0 Å². The molecule has 2 aromatic heterocycles. The molecule has 15 heavy (non-hydrogen) atoms. The van der Waals surface area contributed by atoms with E-state index in [-0.39, 0.29) is 0 Å². The van der Waals surface area contributed by atoms with E-state index in [1.54, 1.807) is 22.7 Å². The number of hydrogen-bond donors (Lipinski definition) is 1. The van der Waals surface area contributed by atoms with Gasteiger partial charge in [0.2, 0.25) is 0 Å². The summed E-state index contributed by atoms with van der Waals surface area (Å²) < 4.78 is 0. The van der Waals surface area contributed by atoms with E-state index in [2.05, 4.69) is 34.1 Å². The van der Waals surface area contributed by atoms with Crippen molar-refractivity contribution in [2.75, 3.05) is 0 Å². The highest BCUT2D eigenvalue weighted by atomic mass is 32.1. The zero-order valence-electron chi connectivity index (χ0n) is 8.86. The van der Waals surface area contributed by atoms with Gasteiger partial charge in [0, 0.05) is 23.7 Å². The number of nitrogens with zero attached hydrogens (tertiary/aromatic N) is 1. The molecule has 0 saturated carbocycles. The highest BCUT2D eigenvalue weighted by molar-refractivity contribution is 7.11. The molecule has 0 fully saturated rings. The van der Waals surface area contributed by atoms with Crippen LogP contribution in [0.15, 0.2) is 23.0 Å². The number of rotatable bonds is 4. The fraction of sp³-hybridized carbons (Fsp3) is 0.364.